The number of sulfone groups is 1. The molecule has 0 fully saturated rings. The molecule has 0 atom stereocenters. The zero-order chi connectivity index (χ0) is 15.0. The zero-order valence-corrected chi connectivity index (χ0v) is 12.1. The molecule has 0 radical (unpaired) electrons. The summed E-state index contributed by atoms with van der Waals surface area (Å²) in [6.07, 6.45) is 0. The average Bonchev–Trinajstić information content (AvgIpc) is 2.91. The first-order valence-corrected chi connectivity index (χ1v) is 8.13. The van der Waals surface area contributed by atoms with Crippen LogP contribution in [0, 0.1) is 10.1 Å². The van der Waals surface area contributed by atoms with Crippen molar-refractivity contribution in [2.75, 3.05) is 0 Å². The van der Waals surface area contributed by atoms with Crippen molar-refractivity contribution < 1.29 is 13.3 Å². The maximum Gasteiger partial charge on any atom is 0.271 e. The van der Waals surface area contributed by atoms with E-state index >= 15 is 0 Å². The number of nitro groups is 1. The fourth-order valence-electron chi connectivity index (χ4n) is 1.82. The monoisotopic (exact) mass is 320 g/mol. The molecule has 0 bridgehead atoms. The van der Waals surface area contributed by atoms with Gasteiger partial charge in [0.2, 0.25) is 14.2 Å². The van der Waals surface area contributed by atoms with Crippen LogP contribution >= 0.6 is 11.3 Å². The Bertz CT molecular complexity index is 933. The molecule has 21 heavy (non-hydrogen) atoms. The molecule has 0 saturated heterocycles. The Balaban J connectivity index is 2.15. The molecule has 0 aliphatic heterocycles. The smallest absolute Gasteiger partial charge is 0.258 e. The van der Waals surface area contributed by atoms with Gasteiger partial charge in [-0.15, -0.1) is 11.3 Å². The van der Waals surface area contributed by atoms with Gasteiger partial charge in [-0.2, -0.15) is 0 Å². The van der Waals surface area contributed by atoms with Crippen molar-refractivity contribution in [1.29, 1.82) is 0 Å². The second-order valence-electron chi connectivity index (χ2n) is 4.21. The summed E-state index contributed by atoms with van der Waals surface area (Å²) in [5.41, 5.74) is 0.195. The molecule has 106 valence electrons. The third kappa shape index (κ3) is 2.39. The molecule has 1 heterocycles. The van der Waals surface area contributed by atoms with Crippen molar-refractivity contribution in [2.45, 2.75) is 9.24 Å². The highest BCUT2D eigenvalue weighted by molar-refractivity contribution is 7.93. The third-order valence-electron chi connectivity index (χ3n) is 2.85. The second kappa shape index (κ2) is 4.90. The van der Waals surface area contributed by atoms with Gasteiger partial charge in [-0.3, -0.25) is 10.1 Å². The number of rotatable bonds is 3. The molecule has 2 aromatic carbocycles. The minimum atomic E-state index is -3.70. The first kappa shape index (κ1) is 13.7. The quantitative estimate of drug-likeness (QED) is 0.546. The lowest BCUT2D eigenvalue weighted by molar-refractivity contribution is -0.384. The van der Waals surface area contributed by atoms with Gasteiger partial charge in [0.15, 0.2) is 0 Å². The second-order valence-corrected chi connectivity index (χ2v) is 7.36. The Morgan fingerprint density at radius 1 is 1.10 bits per heavy atom. The van der Waals surface area contributed by atoms with Crippen molar-refractivity contribution in [1.82, 2.24) is 4.98 Å². The molecule has 0 amide bonds. The summed E-state index contributed by atoms with van der Waals surface area (Å²) < 4.78 is 25.4. The van der Waals surface area contributed by atoms with Gasteiger partial charge in [-0.1, -0.05) is 18.2 Å². The molecule has 0 saturated carbocycles. The van der Waals surface area contributed by atoms with Gasteiger partial charge in [0.25, 0.3) is 5.69 Å². The summed E-state index contributed by atoms with van der Waals surface area (Å²) in [6.45, 7) is 0. The predicted molar refractivity (Wildman–Crippen MR) is 78.2 cm³/mol. The fraction of sp³-hybridized carbons (Fsp3) is 0. The molecule has 0 unspecified atom stereocenters. The number of fused-ring (bicyclic) bond motifs is 1. The van der Waals surface area contributed by atoms with E-state index in [9.17, 15) is 18.5 Å². The molecule has 3 rings (SSSR count). The highest BCUT2D eigenvalue weighted by Gasteiger charge is 2.22. The molecule has 0 N–H and O–H groups in total. The molecule has 0 spiro atoms. The van der Waals surface area contributed by atoms with E-state index < -0.39 is 14.8 Å². The molecule has 0 aliphatic rings. The number of hydrogen-bond acceptors (Lipinski definition) is 6. The SMILES string of the molecule is O=[N+]([O-])c1ccc2sc(S(=O)(=O)c3ccccc3)nc2c1. The van der Waals surface area contributed by atoms with E-state index in [-0.39, 0.29) is 14.9 Å². The number of nitro benzene ring substituents is 1. The summed E-state index contributed by atoms with van der Waals surface area (Å²) >= 11 is 0.998. The van der Waals surface area contributed by atoms with Gasteiger partial charge in [-0.05, 0) is 18.2 Å². The summed E-state index contributed by atoms with van der Waals surface area (Å²) in [6, 6.07) is 12.1. The summed E-state index contributed by atoms with van der Waals surface area (Å²) in [5.74, 6) is 0. The normalized spacial score (nSPS) is 11.6. The van der Waals surface area contributed by atoms with Crippen LogP contribution in [-0.2, 0) is 9.84 Å². The Kier molecular flexibility index (Phi) is 3.19. The summed E-state index contributed by atoms with van der Waals surface area (Å²) in [7, 11) is -3.70. The maximum absolute atomic E-state index is 12.4. The highest BCUT2D eigenvalue weighted by Crippen LogP contribution is 2.31. The lowest BCUT2D eigenvalue weighted by Gasteiger charge is -1.98. The minimum absolute atomic E-state index is 0.0656. The lowest BCUT2D eigenvalue weighted by Crippen LogP contribution is -2.00. The standard InChI is InChI=1S/C13H8N2O4S2/c16-15(17)9-6-7-12-11(8-9)14-13(20-12)21(18,19)10-4-2-1-3-5-10/h1-8H. The highest BCUT2D eigenvalue weighted by atomic mass is 32.2. The van der Waals surface area contributed by atoms with Gasteiger partial charge in [-0.25, -0.2) is 13.4 Å². The molecule has 8 heteroatoms. The number of nitrogens with zero attached hydrogens (tertiary/aromatic N) is 2. The van der Waals surface area contributed by atoms with Gasteiger partial charge in [0.05, 0.1) is 20.0 Å². The molecular formula is C13H8N2O4S2. The predicted octanol–water partition coefficient (Wildman–Crippen LogP) is 3.04. The van der Waals surface area contributed by atoms with Crippen molar-refractivity contribution in [3.8, 4) is 0 Å². The van der Waals surface area contributed by atoms with E-state index in [0.29, 0.717) is 10.2 Å². The summed E-state index contributed by atoms with van der Waals surface area (Å²) in [4.78, 5) is 14.4. The maximum atomic E-state index is 12.4. The first-order chi connectivity index (χ1) is 9.98. The van der Waals surface area contributed by atoms with E-state index in [1.54, 1.807) is 18.2 Å². The number of non-ortho nitro benzene ring substituents is 1. The lowest BCUT2D eigenvalue weighted by atomic mass is 10.3. The number of hydrogen-bond donors (Lipinski definition) is 0. The van der Waals surface area contributed by atoms with Gasteiger partial charge in [0, 0.05) is 12.1 Å². The van der Waals surface area contributed by atoms with Gasteiger partial charge in [0.1, 0.15) is 0 Å². The van der Waals surface area contributed by atoms with E-state index in [0.717, 1.165) is 11.3 Å². The van der Waals surface area contributed by atoms with E-state index in [2.05, 4.69) is 4.98 Å². The topological polar surface area (TPSA) is 90.2 Å². The number of thiazole rings is 1. The van der Waals surface area contributed by atoms with Gasteiger partial charge < -0.3 is 0 Å². The molecule has 1 aromatic heterocycles. The Labute approximate surface area is 123 Å². The largest absolute Gasteiger partial charge is 0.271 e. The number of aromatic nitrogens is 1. The van der Waals surface area contributed by atoms with Crippen molar-refractivity contribution >= 4 is 37.1 Å². The van der Waals surface area contributed by atoms with Crippen molar-refractivity contribution in [2.24, 2.45) is 0 Å². The average molecular weight is 320 g/mol. The van der Waals surface area contributed by atoms with Crippen LogP contribution in [0.3, 0.4) is 0 Å². The van der Waals surface area contributed by atoms with Gasteiger partial charge >= 0.3 is 0 Å². The van der Waals surface area contributed by atoms with Crippen LogP contribution < -0.4 is 0 Å². The van der Waals surface area contributed by atoms with Crippen LogP contribution in [0.15, 0.2) is 57.8 Å². The van der Waals surface area contributed by atoms with Crippen LogP contribution in [-0.4, -0.2) is 18.3 Å². The van der Waals surface area contributed by atoms with E-state index in [1.807, 2.05) is 0 Å². The van der Waals surface area contributed by atoms with Crippen molar-refractivity contribution in [3.63, 3.8) is 0 Å². The molecule has 3 aromatic rings. The first-order valence-electron chi connectivity index (χ1n) is 5.83. The Hall–Kier alpha value is -2.32. The van der Waals surface area contributed by atoms with Crippen LogP contribution in [0.5, 0.6) is 0 Å². The molecule has 6 nitrogen and oxygen atoms in total. The van der Waals surface area contributed by atoms with Crippen LogP contribution in [0.25, 0.3) is 10.2 Å². The van der Waals surface area contributed by atoms with Crippen molar-refractivity contribution in [3.05, 3.63) is 58.6 Å². The Morgan fingerprint density at radius 3 is 2.48 bits per heavy atom. The zero-order valence-electron chi connectivity index (χ0n) is 10.5. The number of benzene rings is 2. The third-order valence-corrected chi connectivity index (χ3v) is 6.03. The minimum Gasteiger partial charge on any atom is -0.258 e. The molecule has 0 aliphatic carbocycles. The van der Waals surface area contributed by atoms with E-state index in [1.165, 1.54) is 30.3 Å². The summed E-state index contributed by atoms with van der Waals surface area (Å²) in [5, 5.41) is 10.7. The van der Waals surface area contributed by atoms with E-state index in [4.69, 9.17) is 0 Å². The van der Waals surface area contributed by atoms with Crippen LogP contribution in [0.1, 0.15) is 0 Å². The van der Waals surface area contributed by atoms with Crippen LogP contribution in [0.4, 0.5) is 5.69 Å². The van der Waals surface area contributed by atoms with Crippen LogP contribution in [0.2, 0.25) is 0 Å². The Morgan fingerprint density at radius 2 is 1.81 bits per heavy atom. The molecular weight excluding hydrogens is 312 g/mol. The fourth-order valence-corrected chi connectivity index (χ4v) is 4.43.